The van der Waals surface area contributed by atoms with Crippen LogP contribution in [0.2, 0.25) is 0 Å². The molecular weight excluding hydrogens is 328 g/mol. The van der Waals surface area contributed by atoms with Crippen LogP contribution in [0.3, 0.4) is 0 Å². The molecular formula is C17H26N2O4S. The van der Waals surface area contributed by atoms with E-state index in [1.165, 1.54) is 6.26 Å². The Hall–Kier alpha value is -1.60. The Morgan fingerprint density at radius 1 is 1.29 bits per heavy atom. The van der Waals surface area contributed by atoms with Crippen LogP contribution in [-0.2, 0) is 21.1 Å². The molecule has 6 nitrogen and oxygen atoms in total. The van der Waals surface area contributed by atoms with Gasteiger partial charge < -0.3 is 15.0 Å². The predicted molar refractivity (Wildman–Crippen MR) is 94.0 cm³/mol. The van der Waals surface area contributed by atoms with Gasteiger partial charge in [0.1, 0.15) is 5.75 Å². The minimum atomic E-state index is -3.48. The highest BCUT2D eigenvalue weighted by molar-refractivity contribution is 7.92. The number of rotatable bonds is 6. The smallest absolute Gasteiger partial charge is 0.243 e. The van der Waals surface area contributed by atoms with Crippen LogP contribution in [0.5, 0.6) is 5.75 Å². The summed E-state index contributed by atoms with van der Waals surface area (Å²) >= 11 is 0. The van der Waals surface area contributed by atoms with Crippen molar-refractivity contribution in [1.82, 2.24) is 10.2 Å². The van der Waals surface area contributed by atoms with Crippen LogP contribution in [0.15, 0.2) is 24.3 Å². The summed E-state index contributed by atoms with van der Waals surface area (Å²) in [6.45, 7) is 1.53. The van der Waals surface area contributed by atoms with Gasteiger partial charge in [0.05, 0.1) is 7.11 Å². The van der Waals surface area contributed by atoms with Crippen LogP contribution < -0.4 is 10.1 Å². The number of piperidine rings is 1. The van der Waals surface area contributed by atoms with E-state index in [1.54, 1.807) is 19.1 Å². The zero-order valence-corrected chi connectivity index (χ0v) is 15.4. The number of sulfone groups is 1. The normalized spacial score (nSPS) is 17.3. The van der Waals surface area contributed by atoms with E-state index in [0.717, 1.165) is 11.3 Å². The molecule has 0 spiro atoms. The molecule has 134 valence electrons. The SMILES string of the molecule is COc1ccccc1CCN(C)C(=O)C1(S(C)(=O)=O)CCNCC1. The first-order valence-electron chi connectivity index (χ1n) is 8.09. The molecule has 0 aliphatic carbocycles. The number of likely N-dealkylation sites (N-methyl/N-ethyl adjacent to an activating group) is 1. The molecule has 7 heteroatoms. The number of amides is 1. The van der Waals surface area contributed by atoms with Gasteiger partial charge in [0.25, 0.3) is 0 Å². The molecule has 0 unspecified atom stereocenters. The largest absolute Gasteiger partial charge is 0.496 e. The number of benzene rings is 1. The Kier molecular flexibility index (Phi) is 5.87. The van der Waals surface area contributed by atoms with Crippen molar-refractivity contribution in [2.75, 3.05) is 40.0 Å². The molecule has 0 aromatic heterocycles. The molecule has 1 aliphatic heterocycles. The molecule has 1 N–H and O–H groups in total. The highest BCUT2D eigenvalue weighted by Crippen LogP contribution is 2.30. The van der Waals surface area contributed by atoms with Crippen molar-refractivity contribution in [3.8, 4) is 5.75 Å². The zero-order valence-electron chi connectivity index (χ0n) is 14.5. The molecule has 1 heterocycles. The van der Waals surface area contributed by atoms with Crippen molar-refractivity contribution in [2.45, 2.75) is 24.0 Å². The maximum absolute atomic E-state index is 12.9. The molecule has 24 heavy (non-hydrogen) atoms. The summed E-state index contributed by atoms with van der Waals surface area (Å²) in [6, 6.07) is 7.64. The molecule has 0 saturated carbocycles. The fourth-order valence-electron chi connectivity index (χ4n) is 3.22. The fraction of sp³-hybridized carbons (Fsp3) is 0.588. The number of hydrogen-bond acceptors (Lipinski definition) is 5. The Balaban J connectivity index is 2.13. The van der Waals surface area contributed by atoms with Gasteiger partial charge in [-0.05, 0) is 44.0 Å². The lowest BCUT2D eigenvalue weighted by Gasteiger charge is -2.37. The lowest BCUT2D eigenvalue weighted by Crippen LogP contribution is -2.57. The number of carbonyl (C=O) groups is 1. The summed E-state index contributed by atoms with van der Waals surface area (Å²) in [6.07, 6.45) is 2.43. The first-order valence-corrected chi connectivity index (χ1v) is 9.99. The summed E-state index contributed by atoms with van der Waals surface area (Å²) in [5.41, 5.74) is 0.998. The van der Waals surface area contributed by atoms with Gasteiger partial charge in [0.15, 0.2) is 14.6 Å². The van der Waals surface area contributed by atoms with Crippen LogP contribution in [0.4, 0.5) is 0 Å². The molecule has 1 aromatic rings. The van der Waals surface area contributed by atoms with E-state index in [9.17, 15) is 13.2 Å². The van der Waals surface area contributed by atoms with Crippen molar-refractivity contribution in [2.24, 2.45) is 0 Å². The first-order chi connectivity index (χ1) is 11.3. The summed E-state index contributed by atoms with van der Waals surface area (Å²) in [5, 5.41) is 3.13. The van der Waals surface area contributed by atoms with Gasteiger partial charge in [-0.3, -0.25) is 4.79 Å². The average molecular weight is 354 g/mol. The van der Waals surface area contributed by atoms with Crippen molar-refractivity contribution in [3.05, 3.63) is 29.8 Å². The standard InChI is InChI=1S/C17H26N2O4S/c1-19(13-8-14-6-4-5-7-15(14)23-2)16(20)17(24(3,21)22)9-11-18-12-10-17/h4-7,18H,8-13H2,1-3H3. The van der Waals surface area contributed by atoms with E-state index in [4.69, 9.17) is 4.74 Å². The third-order valence-corrected chi connectivity index (χ3v) is 6.77. The van der Waals surface area contributed by atoms with Gasteiger partial charge >= 0.3 is 0 Å². The average Bonchev–Trinajstić information content (AvgIpc) is 2.58. The predicted octanol–water partition coefficient (Wildman–Crippen LogP) is 0.863. The van der Waals surface area contributed by atoms with E-state index in [2.05, 4.69) is 5.32 Å². The van der Waals surface area contributed by atoms with E-state index < -0.39 is 14.6 Å². The highest BCUT2D eigenvalue weighted by atomic mass is 32.2. The van der Waals surface area contributed by atoms with Crippen LogP contribution >= 0.6 is 0 Å². The van der Waals surface area contributed by atoms with Gasteiger partial charge in [-0.15, -0.1) is 0 Å². The lowest BCUT2D eigenvalue weighted by atomic mass is 9.95. The maximum atomic E-state index is 12.9. The van der Waals surface area contributed by atoms with Crippen molar-refractivity contribution in [3.63, 3.8) is 0 Å². The van der Waals surface area contributed by atoms with Crippen molar-refractivity contribution >= 4 is 15.7 Å². The number of nitrogens with zero attached hydrogens (tertiary/aromatic N) is 1. The van der Waals surface area contributed by atoms with Gasteiger partial charge in [0, 0.05) is 19.8 Å². The second kappa shape index (κ2) is 7.53. The topological polar surface area (TPSA) is 75.7 Å². The van der Waals surface area contributed by atoms with Crippen LogP contribution in [0, 0.1) is 0 Å². The molecule has 0 atom stereocenters. The lowest BCUT2D eigenvalue weighted by molar-refractivity contribution is -0.133. The molecule has 1 aromatic carbocycles. The molecule has 1 saturated heterocycles. The Morgan fingerprint density at radius 3 is 2.50 bits per heavy atom. The van der Waals surface area contributed by atoms with Gasteiger partial charge in [0.2, 0.25) is 5.91 Å². The van der Waals surface area contributed by atoms with E-state index in [1.807, 2.05) is 24.3 Å². The number of carbonyl (C=O) groups excluding carboxylic acids is 1. The molecule has 0 radical (unpaired) electrons. The van der Waals surface area contributed by atoms with Crippen LogP contribution in [0.1, 0.15) is 18.4 Å². The maximum Gasteiger partial charge on any atom is 0.243 e. The summed E-state index contributed by atoms with van der Waals surface area (Å²) in [5.74, 6) is 0.472. The third kappa shape index (κ3) is 3.72. The van der Waals surface area contributed by atoms with Gasteiger partial charge in [-0.2, -0.15) is 0 Å². The van der Waals surface area contributed by atoms with Crippen molar-refractivity contribution in [1.29, 1.82) is 0 Å². The molecule has 1 aliphatic rings. The second-order valence-corrected chi connectivity index (χ2v) is 8.63. The Morgan fingerprint density at radius 2 is 1.92 bits per heavy atom. The van der Waals surface area contributed by atoms with E-state index in [-0.39, 0.29) is 5.91 Å². The van der Waals surface area contributed by atoms with Gasteiger partial charge in [-0.1, -0.05) is 18.2 Å². The Labute approximate surface area is 144 Å². The fourth-order valence-corrected chi connectivity index (χ4v) is 4.64. The van der Waals surface area contributed by atoms with E-state index in [0.29, 0.717) is 38.9 Å². The van der Waals surface area contributed by atoms with Gasteiger partial charge in [-0.25, -0.2) is 8.42 Å². The zero-order chi connectivity index (χ0) is 17.8. The summed E-state index contributed by atoms with van der Waals surface area (Å²) in [4.78, 5) is 14.5. The Bertz CT molecular complexity index is 682. The second-order valence-electron chi connectivity index (χ2n) is 6.31. The number of ether oxygens (including phenoxy) is 1. The molecule has 1 amide bonds. The van der Waals surface area contributed by atoms with Crippen LogP contribution in [-0.4, -0.2) is 64.0 Å². The van der Waals surface area contributed by atoms with E-state index >= 15 is 0 Å². The number of hydrogen-bond donors (Lipinski definition) is 1. The minimum absolute atomic E-state index is 0.304. The minimum Gasteiger partial charge on any atom is -0.496 e. The number of methoxy groups -OCH3 is 1. The first kappa shape index (κ1) is 18.7. The summed E-state index contributed by atoms with van der Waals surface area (Å²) < 4.78 is 28.7. The quantitative estimate of drug-likeness (QED) is 0.820. The van der Waals surface area contributed by atoms with Crippen molar-refractivity contribution < 1.29 is 17.9 Å². The van der Waals surface area contributed by atoms with Crippen LogP contribution in [0.25, 0.3) is 0 Å². The number of nitrogens with one attached hydrogen (secondary N) is 1. The molecule has 2 rings (SSSR count). The summed E-state index contributed by atoms with van der Waals surface area (Å²) in [7, 11) is -0.198. The monoisotopic (exact) mass is 354 g/mol. The molecule has 0 bridgehead atoms. The highest BCUT2D eigenvalue weighted by Gasteiger charge is 2.49. The molecule has 1 fully saturated rings. The third-order valence-electron chi connectivity index (χ3n) is 4.77. The number of para-hydroxylation sites is 1.